The summed E-state index contributed by atoms with van der Waals surface area (Å²) < 4.78 is 105. The van der Waals surface area contributed by atoms with Gasteiger partial charge in [-0.2, -0.15) is 17.0 Å². The number of aliphatic hydroxyl groups excluding tert-OH is 1. The Balaban J connectivity index is -0.000000555. The molecule has 28 heteroatoms. The van der Waals surface area contributed by atoms with Crippen LogP contribution in [0.4, 0.5) is 0 Å². The van der Waals surface area contributed by atoms with Crippen LogP contribution < -0.4 is 63.4 Å². The van der Waals surface area contributed by atoms with Gasteiger partial charge in [0.15, 0.2) is 0 Å². The van der Waals surface area contributed by atoms with Gasteiger partial charge in [0.2, 0.25) is 20.5 Å². The summed E-state index contributed by atoms with van der Waals surface area (Å²) in [6.07, 6.45) is 2.25. The van der Waals surface area contributed by atoms with Gasteiger partial charge >= 0.3 is 81.9 Å². The van der Waals surface area contributed by atoms with Crippen molar-refractivity contribution in [1.29, 1.82) is 0 Å². The number of ether oxygens (including phenoxy) is 3. The third-order valence-electron chi connectivity index (χ3n) is 6.80. The second-order valence-electron chi connectivity index (χ2n) is 11.0. The molecule has 0 radical (unpaired) electrons. The SMILES string of the molecule is CCN(C(C)C)C(C)C.O=S(Cl)Cl.O=S1(=O)OCC2COCCN21.O=S1OCC2COCCN21.OCC1CCCOC1.[Cl][Ru]([Cl])[Cl].[Na+].[O-][I+3]([O-])([O-])[O-]. The third kappa shape index (κ3) is 33.4. The van der Waals surface area contributed by atoms with Crippen LogP contribution in [0, 0.1) is 5.92 Å². The maximum absolute atomic E-state index is 11.0. The molecule has 0 spiro atoms. The molecular formula is C24H49Cl5IN3NaO14RuS3. The maximum Gasteiger partial charge on any atom is 1.00 e. The van der Waals surface area contributed by atoms with Crippen LogP contribution in [0.1, 0.15) is 47.5 Å². The molecule has 0 aliphatic carbocycles. The molecule has 0 aromatic carbocycles. The maximum atomic E-state index is 11.0. The van der Waals surface area contributed by atoms with E-state index in [9.17, 15) is 12.6 Å². The van der Waals surface area contributed by atoms with Gasteiger partial charge in [-0.3, -0.25) is 27.0 Å². The Morgan fingerprint density at radius 3 is 1.73 bits per heavy atom. The van der Waals surface area contributed by atoms with E-state index in [1.54, 1.807) is 0 Å². The summed E-state index contributed by atoms with van der Waals surface area (Å²) in [6, 6.07) is 1.52. The Kier molecular flexibility index (Phi) is 39.4. The standard InChI is InChI=1S/C8H19N.C6H12O2.C5H9NO4S.C5H9NO3S.Cl2OS.3ClH.IO4.Na.Ru/c1-6-9(7(2)3)8(4)5;7-4-6-2-1-3-8-5-6;7-11(8)6-1-2-9-3-5(6)4-10-11;7-10-6-1-2-8-3-5(6)4-9-10;1-4(2)3;;;;2-1(3,4)5;;/h7-8H,6H2,1-5H3;6-7H,1-5H2;5H,1-4H2;5H,1-4H2;;3*1H;;;/q;;;;;;;;-1;+1;+3/p-3. The number of morpholine rings is 2. The molecule has 52 heavy (non-hydrogen) atoms. The number of aliphatic hydroxyl groups is 1. The van der Waals surface area contributed by atoms with Gasteiger partial charge in [0.25, 0.3) is 0 Å². The van der Waals surface area contributed by atoms with Gasteiger partial charge in [0.05, 0.1) is 58.3 Å². The first-order valence-corrected chi connectivity index (χ1v) is 30.6. The number of fused-ring (bicyclic) bond motifs is 2. The molecule has 0 saturated carbocycles. The van der Waals surface area contributed by atoms with Crippen molar-refractivity contribution >= 4 is 81.2 Å². The molecule has 1 N–H and O–H groups in total. The van der Waals surface area contributed by atoms with Crippen molar-refractivity contribution in [3.05, 3.63) is 0 Å². The van der Waals surface area contributed by atoms with Crippen molar-refractivity contribution in [2.24, 2.45) is 5.92 Å². The van der Waals surface area contributed by atoms with E-state index in [-0.39, 0.29) is 48.2 Å². The molecule has 5 aliphatic rings. The van der Waals surface area contributed by atoms with E-state index in [1.807, 2.05) is 4.31 Å². The average molecular weight is 1130 g/mol. The predicted octanol–water partition coefficient (Wildman–Crippen LogP) is -6.85. The van der Waals surface area contributed by atoms with E-state index < -0.39 is 63.9 Å². The number of hydrogen-bond donors (Lipinski definition) is 1. The van der Waals surface area contributed by atoms with Crippen LogP contribution in [0.25, 0.3) is 0 Å². The molecule has 5 fully saturated rings. The second kappa shape index (κ2) is 34.3. The van der Waals surface area contributed by atoms with E-state index >= 15 is 0 Å². The number of halogens is 6. The Bertz CT molecular complexity index is 1030. The summed E-state index contributed by atoms with van der Waals surface area (Å²) in [4.78, 5) is 2.46. The first-order valence-electron chi connectivity index (χ1n) is 15.2. The third-order valence-corrected chi connectivity index (χ3v) is 9.49. The quantitative estimate of drug-likeness (QED) is 0.157. The van der Waals surface area contributed by atoms with Gasteiger partial charge in [0.1, 0.15) is 20.1 Å². The fourth-order valence-corrected chi connectivity index (χ4v) is 6.99. The molecule has 17 nitrogen and oxygen atoms in total. The van der Waals surface area contributed by atoms with Gasteiger partial charge in [-0.1, -0.05) is 6.92 Å². The molecule has 4 unspecified atom stereocenters. The minimum absolute atomic E-state index is 0. The topological polar surface area (TPSA) is 237 Å². The summed E-state index contributed by atoms with van der Waals surface area (Å²) in [5, 5.41) is 8.61. The molecular weight excluding hydrogens is 1080 g/mol. The Hall–Kier alpha value is 3.53. The summed E-state index contributed by atoms with van der Waals surface area (Å²) >= 11 is -8.88. The van der Waals surface area contributed by atoms with Crippen molar-refractivity contribution in [1.82, 2.24) is 13.5 Å². The van der Waals surface area contributed by atoms with Gasteiger partial charge in [-0.15, -0.1) is 0 Å². The van der Waals surface area contributed by atoms with Crippen molar-refractivity contribution in [3.63, 3.8) is 0 Å². The zero-order chi connectivity index (χ0) is 39.8. The van der Waals surface area contributed by atoms with Crippen LogP contribution in [-0.4, -0.2) is 139 Å². The van der Waals surface area contributed by atoms with Gasteiger partial charge < -0.3 is 19.3 Å². The Labute approximate surface area is 368 Å². The zero-order valence-corrected chi connectivity index (χ0v) is 41.9. The Morgan fingerprint density at radius 2 is 1.38 bits per heavy atom. The first-order chi connectivity index (χ1) is 23.6. The molecule has 313 valence electrons. The van der Waals surface area contributed by atoms with Crippen molar-refractivity contribution in [2.75, 3.05) is 79.1 Å². The number of hydrogen-bond acceptors (Lipinski definition) is 15. The molecule has 5 aliphatic heterocycles. The van der Waals surface area contributed by atoms with Crippen LogP contribution in [0.5, 0.6) is 0 Å². The summed E-state index contributed by atoms with van der Waals surface area (Å²) in [6.45, 7) is 18.5. The van der Waals surface area contributed by atoms with Gasteiger partial charge in [0, 0.05) is 65.7 Å². The smallest absolute Gasteiger partial charge is 0.286 e. The summed E-state index contributed by atoms with van der Waals surface area (Å²) in [5.41, 5.74) is 0. The largest absolute Gasteiger partial charge is 1.00 e. The Morgan fingerprint density at radius 1 is 0.923 bits per heavy atom. The normalized spacial score (nSPS) is 25.2. The fraction of sp³-hybridized carbons (Fsp3) is 1.00. The van der Waals surface area contributed by atoms with E-state index in [4.69, 9.17) is 70.5 Å². The number of rotatable bonds is 4. The monoisotopic (exact) mass is 1130 g/mol. The van der Waals surface area contributed by atoms with Crippen LogP contribution in [0.15, 0.2) is 0 Å². The van der Waals surface area contributed by atoms with Crippen LogP contribution in [0.3, 0.4) is 0 Å². The van der Waals surface area contributed by atoms with Gasteiger partial charge in [-0.05, 0) is 47.1 Å². The molecule has 0 aromatic heterocycles. The molecule has 4 atom stereocenters. The van der Waals surface area contributed by atoms with Gasteiger partial charge in [-0.25, -0.2) is 8.42 Å². The van der Waals surface area contributed by atoms with Crippen LogP contribution >= 0.6 is 50.4 Å². The molecule has 0 aromatic rings. The molecule has 0 amide bonds. The molecule has 5 heterocycles. The molecule has 5 saturated heterocycles. The van der Waals surface area contributed by atoms with Crippen molar-refractivity contribution < 1.29 is 121 Å². The average Bonchev–Trinajstić information content (AvgIpc) is 3.56. The first kappa shape index (κ1) is 59.8. The van der Waals surface area contributed by atoms with Crippen LogP contribution in [-0.2, 0) is 66.4 Å². The zero-order valence-electron chi connectivity index (χ0n) is 29.7. The van der Waals surface area contributed by atoms with Crippen molar-refractivity contribution in [2.45, 2.75) is 71.6 Å². The second-order valence-corrected chi connectivity index (χ2v) is 26.2. The summed E-state index contributed by atoms with van der Waals surface area (Å²) in [5.74, 6) is 0.420. The van der Waals surface area contributed by atoms with E-state index in [0.29, 0.717) is 64.2 Å². The molecule has 5 rings (SSSR count). The minimum Gasteiger partial charge on any atom is -0.286 e. The molecule has 0 bridgehead atoms. The fourth-order valence-electron chi connectivity index (χ4n) is 4.75. The predicted molar refractivity (Wildman–Crippen MR) is 182 cm³/mol. The van der Waals surface area contributed by atoms with E-state index in [2.05, 4.69) is 65.1 Å². The minimum atomic E-state index is -5.94. The van der Waals surface area contributed by atoms with E-state index in [1.165, 1.54) is 4.31 Å². The van der Waals surface area contributed by atoms with Crippen LogP contribution in [0.2, 0.25) is 0 Å². The number of nitrogens with zero attached hydrogens (tertiary/aromatic N) is 3. The summed E-state index contributed by atoms with van der Waals surface area (Å²) in [7, 11) is 18.8. The van der Waals surface area contributed by atoms with Crippen molar-refractivity contribution in [3.8, 4) is 0 Å². The van der Waals surface area contributed by atoms with E-state index in [0.717, 1.165) is 39.1 Å².